The van der Waals surface area contributed by atoms with E-state index in [2.05, 4.69) is 0 Å². The molecule has 0 radical (unpaired) electrons. The summed E-state index contributed by atoms with van der Waals surface area (Å²) < 4.78 is 4.97. The third kappa shape index (κ3) is 2.10. The molecule has 1 unspecified atom stereocenters. The molecule has 0 fully saturated rings. The van der Waals surface area contributed by atoms with Crippen LogP contribution in [0.15, 0.2) is 11.3 Å². The van der Waals surface area contributed by atoms with Gasteiger partial charge in [0.25, 0.3) is 0 Å². The molecule has 1 rings (SSSR count). The summed E-state index contributed by atoms with van der Waals surface area (Å²) in [5.41, 5.74) is 0.786. The summed E-state index contributed by atoms with van der Waals surface area (Å²) in [6, 6.07) is 0. The van der Waals surface area contributed by atoms with Crippen LogP contribution in [0.25, 0.3) is 0 Å². The van der Waals surface area contributed by atoms with Crippen LogP contribution in [0.1, 0.15) is 39.5 Å². The molecule has 0 aromatic carbocycles. The Bertz CT molecular complexity index is 230. The molecule has 3 nitrogen and oxygen atoms in total. The average molecular weight is 184 g/mol. The fourth-order valence-corrected chi connectivity index (χ4v) is 1.52. The van der Waals surface area contributed by atoms with Crippen LogP contribution in [0.5, 0.6) is 0 Å². The standard InChI is InChI=1S/C10H16O3/c1-3-5-7-8(6-4-2)13-10(12)9(7)11/h9,11H,3-6H2,1-2H3. The number of hydrogen-bond donors (Lipinski definition) is 1. The van der Waals surface area contributed by atoms with E-state index < -0.39 is 12.1 Å². The van der Waals surface area contributed by atoms with Crippen molar-refractivity contribution in [3.63, 3.8) is 0 Å². The van der Waals surface area contributed by atoms with Crippen molar-refractivity contribution in [2.45, 2.75) is 45.6 Å². The van der Waals surface area contributed by atoms with Gasteiger partial charge in [-0.05, 0) is 12.8 Å². The summed E-state index contributed by atoms with van der Waals surface area (Å²) in [5.74, 6) is 0.189. The smallest absolute Gasteiger partial charge is 0.344 e. The molecule has 1 heterocycles. The van der Waals surface area contributed by atoms with Crippen molar-refractivity contribution in [1.29, 1.82) is 0 Å². The Kier molecular flexibility index (Phi) is 3.48. The van der Waals surface area contributed by atoms with Gasteiger partial charge in [0.1, 0.15) is 5.76 Å². The summed E-state index contributed by atoms with van der Waals surface area (Å²) in [7, 11) is 0. The minimum absolute atomic E-state index is 0.508. The van der Waals surface area contributed by atoms with Crippen LogP contribution in [0.2, 0.25) is 0 Å². The number of carbonyl (C=O) groups excluding carboxylic acids is 1. The van der Waals surface area contributed by atoms with E-state index in [0.717, 1.165) is 31.3 Å². The lowest BCUT2D eigenvalue weighted by atomic mass is 10.0. The summed E-state index contributed by atoms with van der Waals surface area (Å²) in [6.07, 6.45) is 2.36. The normalized spacial score (nSPS) is 22.4. The maximum absolute atomic E-state index is 11.0. The molecule has 0 saturated heterocycles. The number of hydrogen-bond acceptors (Lipinski definition) is 3. The van der Waals surface area contributed by atoms with E-state index in [1.54, 1.807) is 0 Å². The van der Waals surface area contributed by atoms with Gasteiger partial charge in [0, 0.05) is 12.0 Å². The highest BCUT2D eigenvalue weighted by Gasteiger charge is 2.32. The molecule has 1 N–H and O–H groups in total. The number of allylic oxidation sites excluding steroid dienone is 1. The zero-order valence-corrected chi connectivity index (χ0v) is 8.17. The molecule has 0 aromatic heterocycles. The van der Waals surface area contributed by atoms with Crippen molar-refractivity contribution < 1.29 is 14.6 Å². The molecule has 1 aliphatic heterocycles. The Balaban J connectivity index is 2.76. The van der Waals surface area contributed by atoms with Crippen LogP contribution in [0, 0.1) is 0 Å². The minimum atomic E-state index is -0.999. The number of carbonyl (C=O) groups is 1. The van der Waals surface area contributed by atoms with Gasteiger partial charge in [0.15, 0.2) is 6.10 Å². The molecule has 0 saturated carbocycles. The van der Waals surface area contributed by atoms with Gasteiger partial charge in [-0.1, -0.05) is 20.3 Å². The Morgan fingerprint density at radius 1 is 1.31 bits per heavy atom. The van der Waals surface area contributed by atoms with Crippen molar-refractivity contribution in [2.24, 2.45) is 0 Å². The van der Waals surface area contributed by atoms with Crippen LogP contribution in [-0.2, 0) is 9.53 Å². The van der Waals surface area contributed by atoms with Crippen molar-refractivity contribution in [3.8, 4) is 0 Å². The van der Waals surface area contributed by atoms with Gasteiger partial charge in [-0.2, -0.15) is 0 Å². The highest BCUT2D eigenvalue weighted by atomic mass is 16.6. The van der Waals surface area contributed by atoms with Crippen molar-refractivity contribution in [1.82, 2.24) is 0 Å². The number of rotatable bonds is 4. The molecule has 0 aliphatic carbocycles. The first-order valence-electron chi connectivity index (χ1n) is 4.82. The summed E-state index contributed by atoms with van der Waals surface area (Å²) in [6.45, 7) is 4.04. The number of esters is 1. The molecule has 0 amide bonds. The van der Waals surface area contributed by atoms with Crippen LogP contribution in [-0.4, -0.2) is 17.2 Å². The van der Waals surface area contributed by atoms with Crippen molar-refractivity contribution >= 4 is 5.97 Å². The maximum Gasteiger partial charge on any atom is 0.344 e. The van der Waals surface area contributed by atoms with Gasteiger partial charge in [-0.3, -0.25) is 0 Å². The molecule has 0 bridgehead atoms. The number of ether oxygens (including phenoxy) is 1. The van der Waals surface area contributed by atoms with E-state index in [1.807, 2.05) is 13.8 Å². The van der Waals surface area contributed by atoms with E-state index in [-0.39, 0.29) is 0 Å². The average Bonchev–Trinajstić information content (AvgIpc) is 2.34. The van der Waals surface area contributed by atoms with Crippen molar-refractivity contribution in [2.75, 3.05) is 0 Å². The van der Waals surface area contributed by atoms with Gasteiger partial charge in [-0.25, -0.2) is 4.79 Å². The Labute approximate surface area is 78.4 Å². The first-order chi connectivity index (χ1) is 6.20. The lowest BCUT2D eigenvalue weighted by Gasteiger charge is -2.03. The lowest BCUT2D eigenvalue weighted by Crippen LogP contribution is -2.17. The largest absolute Gasteiger partial charge is 0.429 e. The summed E-state index contributed by atoms with van der Waals surface area (Å²) in [5, 5.41) is 9.45. The topological polar surface area (TPSA) is 46.5 Å². The van der Waals surface area contributed by atoms with E-state index in [9.17, 15) is 9.90 Å². The van der Waals surface area contributed by atoms with E-state index in [4.69, 9.17) is 4.74 Å². The molecule has 13 heavy (non-hydrogen) atoms. The molecule has 1 aliphatic rings. The van der Waals surface area contributed by atoms with Gasteiger partial charge < -0.3 is 9.84 Å². The molecular weight excluding hydrogens is 168 g/mol. The second-order valence-corrected chi connectivity index (χ2v) is 3.27. The fraction of sp³-hybridized carbons (Fsp3) is 0.700. The van der Waals surface area contributed by atoms with Gasteiger partial charge in [0.05, 0.1) is 0 Å². The van der Waals surface area contributed by atoms with Crippen LogP contribution in [0.4, 0.5) is 0 Å². The van der Waals surface area contributed by atoms with E-state index >= 15 is 0 Å². The monoisotopic (exact) mass is 184 g/mol. The Hall–Kier alpha value is -0.830. The Morgan fingerprint density at radius 2 is 1.92 bits per heavy atom. The summed E-state index contributed by atoms with van der Waals surface area (Å²) >= 11 is 0. The van der Waals surface area contributed by atoms with Crippen molar-refractivity contribution in [3.05, 3.63) is 11.3 Å². The molecule has 3 heteroatoms. The molecule has 0 aromatic rings. The van der Waals surface area contributed by atoms with E-state index in [1.165, 1.54) is 0 Å². The second kappa shape index (κ2) is 4.42. The zero-order chi connectivity index (χ0) is 9.84. The van der Waals surface area contributed by atoms with E-state index in [0.29, 0.717) is 5.76 Å². The second-order valence-electron chi connectivity index (χ2n) is 3.27. The maximum atomic E-state index is 11.0. The molecule has 0 spiro atoms. The van der Waals surface area contributed by atoms with Gasteiger partial charge in [0.2, 0.25) is 0 Å². The van der Waals surface area contributed by atoms with Crippen LogP contribution < -0.4 is 0 Å². The first kappa shape index (κ1) is 10.3. The highest BCUT2D eigenvalue weighted by molar-refractivity contribution is 5.82. The number of cyclic esters (lactones) is 1. The first-order valence-corrected chi connectivity index (χ1v) is 4.82. The SMILES string of the molecule is CCCC1=C(CCC)C(O)C(=O)O1. The predicted molar refractivity (Wildman–Crippen MR) is 48.9 cm³/mol. The zero-order valence-electron chi connectivity index (χ0n) is 8.17. The fourth-order valence-electron chi connectivity index (χ4n) is 1.52. The summed E-state index contributed by atoms with van der Waals surface area (Å²) in [4.78, 5) is 11.0. The Morgan fingerprint density at radius 3 is 2.46 bits per heavy atom. The molecular formula is C10H16O3. The number of aliphatic hydroxyl groups is 1. The third-order valence-corrected chi connectivity index (χ3v) is 2.13. The van der Waals surface area contributed by atoms with Crippen LogP contribution >= 0.6 is 0 Å². The number of aliphatic hydroxyl groups excluding tert-OH is 1. The van der Waals surface area contributed by atoms with Gasteiger partial charge >= 0.3 is 5.97 Å². The minimum Gasteiger partial charge on any atom is -0.429 e. The molecule has 1 atom stereocenters. The predicted octanol–water partition coefficient (Wildman–Crippen LogP) is 1.76. The van der Waals surface area contributed by atoms with Crippen LogP contribution in [0.3, 0.4) is 0 Å². The van der Waals surface area contributed by atoms with Gasteiger partial charge in [-0.15, -0.1) is 0 Å². The third-order valence-electron chi connectivity index (χ3n) is 2.13. The lowest BCUT2D eigenvalue weighted by molar-refractivity contribution is -0.143. The molecule has 74 valence electrons. The highest BCUT2D eigenvalue weighted by Crippen LogP contribution is 2.27. The quantitative estimate of drug-likeness (QED) is 0.677.